The van der Waals surface area contributed by atoms with Gasteiger partial charge in [-0.3, -0.25) is 0 Å². The van der Waals surface area contributed by atoms with Gasteiger partial charge in [0.05, 0.1) is 0 Å². The first-order chi connectivity index (χ1) is 67.0. The summed E-state index contributed by atoms with van der Waals surface area (Å²) < 4.78 is 2.21. The first kappa shape index (κ1) is 90.0. The van der Waals surface area contributed by atoms with Crippen LogP contribution in [0.25, 0.3) is 177 Å². The lowest BCUT2D eigenvalue weighted by atomic mass is 9.70. The number of rotatable bonds is 26. The lowest BCUT2D eigenvalue weighted by Gasteiger charge is -2.33. The predicted octanol–water partition coefficient (Wildman–Crippen LogP) is 39.8. The molecule has 2 nitrogen and oxygen atoms in total. The smallest absolute Gasteiger partial charge is 0.0465 e. The molecule has 6 aliphatic rings. The minimum Gasteiger partial charge on any atom is -0.355 e. The molecule has 0 aliphatic heterocycles. The minimum atomic E-state index is -0.203. The van der Waals surface area contributed by atoms with Crippen LogP contribution < -0.4 is 0 Å². The van der Waals surface area contributed by atoms with Crippen LogP contribution in [0.4, 0.5) is 0 Å². The number of hydrogen-bond acceptors (Lipinski definition) is 0. The second kappa shape index (κ2) is 35.1. The van der Waals surface area contributed by atoms with E-state index in [4.69, 9.17) is 0 Å². The van der Waals surface area contributed by atoms with Crippen LogP contribution in [0.15, 0.2) is 312 Å². The zero-order chi connectivity index (χ0) is 94.5. The second-order valence-corrected chi connectivity index (χ2v) is 45.6. The number of fused-ring (bicyclic) bond motifs is 24. The van der Waals surface area contributed by atoms with Crippen molar-refractivity contribution in [1.82, 2.24) is 9.97 Å². The quantitative estimate of drug-likeness (QED) is 0.0507. The summed E-state index contributed by atoms with van der Waals surface area (Å²) in [5.41, 5.74) is 53.6. The maximum atomic E-state index is 3.82. The number of halogens is 2. The summed E-state index contributed by atoms with van der Waals surface area (Å²) in [6, 6.07) is 119. The van der Waals surface area contributed by atoms with Crippen LogP contribution in [0.3, 0.4) is 0 Å². The summed E-state index contributed by atoms with van der Waals surface area (Å²) in [6.45, 7) is 29.0. The third-order valence-electron chi connectivity index (χ3n) is 34.2. The van der Waals surface area contributed by atoms with E-state index < -0.39 is 0 Å². The van der Waals surface area contributed by atoms with E-state index in [1.165, 1.54) is 339 Å². The van der Waals surface area contributed by atoms with E-state index >= 15 is 0 Å². The Balaban J connectivity index is 0.000000645. The molecule has 2 heterocycles. The summed E-state index contributed by atoms with van der Waals surface area (Å²) in [7, 11) is 0. The Labute approximate surface area is 835 Å². The van der Waals surface area contributed by atoms with Crippen LogP contribution in [0.5, 0.6) is 0 Å². The van der Waals surface area contributed by atoms with Crippen LogP contribution in [0, 0.1) is 0 Å². The number of nitrogens with one attached hydrogen (secondary N) is 2. The van der Waals surface area contributed by atoms with Crippen molar-refractivity contribution >= 4 is 75.5 Å². The molecule has 2 aromatic heterocycles. The molecule has 24 rings (SSSR count). The third-order valence-corrected chi connectivity index (χ3v) is 35.2. The van der Waals surface area contributed by atoms with E-state index in [9.17, 15) is 0 Å². The normalized spacial score (nSPS) is 15.2. The SMILES string of the molecule is Brc1ccc2[nH]c3ccc(Br)cc3c2c1.CCCCCCC1(CCCCCC)c2ccccc2-c2ccc(-c3ccc4c(c3)C(C)(C)c3cc(-c5ccc6c(c5)C(C)(C)c5cc(-c7ccc8[nH]c9ccc(-c%10ccc%11c(c%10)C(C)(C)c%10cc(-c%12ccc%13c(c%12)C(C)(C)c%12cc(-c%14ccc%15c(c%14)C(CCCCCC)(CCCCCC)c%14ccccc%14-%15)ccc%12-%13)ccc%10-%11)cc9c8c7)ccc5-6)ccc3-4)cc21. The summed E-state index contributed by atoms with van der Waals surface area (Å²) in [5, 5.41) is 5.00. The van der Waals surface area contributed by atoms with E-state index in [1.54, 1.807) is 22.3 Å². The van der Waals surface area contributed by atoms with Gasteiger partial charge in [0.25, 0.3) is 0 Å². The monoisotopic (exact) mass is 1920 g/mol. The zero-order valence-electron chi connectivity index (χ0n) is 82.8. The molecule has 6 aliphatic carbocycles. The van der Waals surface area contributed by atoms with E-state index in [-0.39, 0.29) is 32.5 Å². The summed E-state index contributed by atoms with van der Waals surface area (Å²) >= 11 is 6.99. The summed E-state index contributed by atoms with van der Waals surface area (Å²) in [6.07, 6.45) is 25.5. The van der Waals surface area contributed by atoms with Gasteiger partial charge in [0, 0.05) is 85.0 Å². The summed E-state index contributed by atoms with van der Waals surface area (Å²) in [5.74, 6) is 0. The molecule has 2 N–H and O–H groups in total. The number of aromatic nitrogens is 2. The van der Waals surface area contributed by atoms with E-state index in [0.29, 0.717) is 0 Å². The van der Waals surface area contributed by atoms with Crippen LogP contribution in [0.1, 0.15) is 278 Å². The fourth-order valence-corrected chi connectivity index (χ4v) is 27.2. The number of hydrogen-bond donors (Lipinski definition) is 2. The highest BCUT2D eigenvalue weighted by Crippen LogP contribution is 2.61. The van der Waals surface area contributed by atoms with Crippen molar-refractivity contribution in [3.63, 3.8) is 0 Å². The minimum absolute atomic E-state index is 0.0593. The van der Waals surface area contributed by atoms with Gasteiger partial charge in [0.15, 0.2) is 0 Å². The van der Waals surface area contributed by atoms with Crippen molar-refractivity contribution in [2.24, 2.45) is 0 Å². The average Bonchev–Trinajstić information content (AvgIpc) is 1.56. The molecule has 0 fully saturated rings. The third kappa shape index (κ3) is 14.8. The first-order valence-corrected chi connectivity index (χ1v) is 53.7. The van der Waals surface area contributed by atoms with E-state index in [0.717, 1.165) is 20.0 Å². The van der Waals surface area contributed by atoms with E-state index in [2.05, 4.69) is 416 Å². The van der Waals surface area contributed by atoms with Crippen molar-refractivity contribution < 1.29 is 0 Å². The molecular formula is C134H128Br2N2. The van der Waals surface area contributed by atoms with Crippen LogP contribution in [0.2, 0.25) is 0 Å². The van der Waals surface area contributed by atoms with Gasteiger partial charge in [-0.05, 0) is 347 Å². The molecule has 0 saturated heterocycles. The maximum Gasteiger partial charge on any atom is 0.0465 e. The highest BCUT2D eigenvalue weighted by atomic mass is 79.9. The molecule has 688 valence electrons. The fraction of sp³-hybridized carbons (Fsp3) is 0.284. The average molecular weight is 1930 g/mol. The largest absolute Gasteiger partial charge is 0.355 e. The number of unbranched alkanes of at least 4 members (excludes halogenated alkanes) is 12. The van der Waals surface area contributed by atoms with Crippen LogP contribution in [-0.4, -0.2) is 9.97 Å². The van der Waals surface area contributed by atoms with Gasteiger partial charge in [-0.2, -0.15) is 0 Å². The lowest BCUT2D eigenvalue weighted by molar-refractivity contribution is 0.401. The Morgan fingerprint density at radius 1 is 0.181 bits per heavy atom. The molecule has 0 radical (unpaired) electrons. The van der Waals surface area contributed by atoms with Gasteiger partial charge in [0.2, 0.25) is 0 Å². The Bertz CT molecular complexity index is 7450. The molecule has 4 heteroatoms. The van der Waals surface area contributed by atoms with Gasteiger partial charge in [-0.15, -0.1) is 0 Å². The van der Waals surface area contributed by atoms with Crippen LogP contribution in [-0.2, 0) is 32.5 Å². The second-order valence-electron chi connectivity index (χ2n) is 43.8. The van der Waals surface area contributed by atoms with Crippen molar-refractivity contribution in [1.29, 1.82) is 0 Å². The Morgan fingerprint density at radius 2 is 0.370 bits per heavy atom. The first-order valence-electron chi connectivity index (χ1n) is 52.1. The Hall–Kier alpha value is -11.9. The number of benzene rings is 16. The molecule has 138 heavy (non-hydrogen) atoms. The molecule has 0 amide bonds. The molecule has 0 saturated carbocycles. The molecule has 0 unspecified atom stereocenters. The molecule has 0 bridgehead atoms. The Morgan fingerprint density at radius 3 is 0.609 bits per heavy atom. The van der Waals surface area contributed by atoms with Gasteiger partial charge in [-0.25, -0.2) is 0 Å². The van der Waals surface area contributed by atoms with E-state index in [1.807, 2.05) is 12.1 Å². The van der Waals surface area contributed by atoms with Crippen molar-refractivity contribution in [2.75, 3.05) is 0 Å². The molecule has 18 aromatic rings. The highest BCUT2D eigenvalue weighted by molar-refractivity contribution is 9.10. The van der Waals surface area contributed by atoms with Gasteiger partial charge in [-0.1, -0.05) is 400 Å². The lowest BCUT2D eigenvalue weighted by Crippen LogP contribution is -2.25. The standard InChI is InChI=1S/C122H121N.C12H7Br2N/c1-13-17-21-29-61-121(62-30-22-18-14-2)103-35-27-25-33-89(103)99-57-45-87(75-113(99)121)85-43-55-97-95-53-41-83(71-109(95)119(9,10)111(97)73-85)81-39-51-93-91-49-37-79(67-105(91)117(5,6)107(93)69-81)77-47-59-115-101(65-77)102-66-78(48-60-116(102)123-115)80-38-50-92-94-52-40-82(70-108(94)118(7,8)106(92)68-80)84-42-54-96-98-56-44-86(74-112(98)120(11,12)110(96)72-84)88-46-58-100-90-34-26-28-36-104(90)122(114(100)76-88,63-31-23-19-15-3)64-32-24-20-16-4;13-7-1-3-11-9(5-7)10-6-8(14)2-4-12(10)15-11/h25-28,33-60,65-76,123H,13-24,29-32,61-64H2,1-12H3;1-6,15H. The number of H-pyrrole nitrogens is 2. The maximum absolute atomic E-state index is 3.82. The molecule has 0 atom stereocenters. The zero-order valence-corrected chi connectivity index (χ0v) is 85.9. The molecular weight excluding hydrogens is 1800 g/mol. The summed E-state index contributed by atoms with van der Waals surface area (Å²) in [4.78, 5) is 7.21. The van der Waals surface area contributed by atoms with Gasteiger partial charge in [0.1, 0.15) is 0 Å². The fourth-order valence-electron chi connectivity index (χ4n) is 26.5. The Kier molecular flexibility index (Phi) is 22.9. The highest BCUT2D eigenvalue weighted by Gasteiger charge is 2.47. The van der Waals surface area contributed by atoms with Gasteiger partial charge < -0.3 is 9.97 Å². The predicted molar refractivity (Wildman–Crippen MR) is 597 cm³/mol. The van der Waals surface area contributed by atoms with Crippen LogP contribution >= 0.6 is 31.9 Å². The van der Waals surface area contributed by atoms with Gasteiger partial charge >= 0.3 is 0 Å². The molecule has 16 aromatic carbocycles. The topological polar surface area (TPSA) is 31.6 Å². The van der Waals surface area contributed by atoms with Crippen molar-refractivity contribution in [2.45, 2.75) is 244 Å². The number of aromatic amines is 2. The molecule has 0 spiro atoms. The van der Waals surface area contributed by atoms with Crippen molar-refractivity contribution in [3.05, 3.63) is 379 Å². The van der Waals surface area contributed by atoms with Crippen molar-refractivity contribution in [3.8, 4) is 134 Å².